The Morgan fingerprint density at radius 1 is 1.33 bits per heavy atom. The fourth-order valence-corrected chi connectivity index (χ4v) is 4.61. The van der Waals surface area contributed by atoms with Crippen molar-refractivity contribution in [1.29, 1.82) is 0 Å². The first-order chi connectivity index (χ1) is 9.77. The molecule has 0 N–H and O–H groups in total. The van der Waals surface area contributed by atoms with Gasteiger partial charge >= 0.3 is 0 Å². The Labute approximate surface area is 125 Å². The van der Waals surface area contributed by atoms with Gasteiger partial charge in [0, 0.05) is 20.6 Å². The third-order valence-electron chi connectivity index (χ3n) is 4.56. The Morgan fingerprint density at radius 3 is 2.71 bits per heavy atom. The number of hydrogen-bond donors (Lipinski definition) is 0. The topological polar surface area (TPSA) is 57.7 Å². The molecule has 1 atom stereocenters. The highest BCUT2D eigenvalue weighted by Gasteiger charge is 2.51. The summed E-state index contributed by atoms with van der Waals surface area (Å²) < 4.78 is 25.8. The van der Waals surface area contributed by atoms with E-state index in [0.717, 1.165) is 29.7 Å². The molecule has 21 heavy (non-hydrogen) atoms. The van der Waals surface area contributed by atoms with Crippen LogP contribution in [0.15, 0.2) is 18.2 Å². The van der Waals surface area contributed by atoms with Crippen LogP contribution in [-0.4, -0.2) is 45.0 Å². The monoisotopic (exact) mass is 308 g/mol. The van der Waals surface area contributed by atoms with Gasteiger partial charge in [0.25, 0.3) is 0 Å². The molecule has 114 valence electrons. The van der Waals surface area contributed by atoms with E-state index in [4.69, 9.17) is 0 Å². The number of amides is 1. The average Bonchev–Trinajstić information content (AvgIpc) is 2.63. The highest BCUT2D eigenvalue weighted by Crippen LogP contribution is 2.46. The molecule has 6 heteroatoms. The largest absolute Gasteiger partial charge is 0.311 e. The summed E-state index contributed by atoms with van der Waals surface area (Å²) in [6.07, 6.45) is 1.88. The van der Waals surface area contributed by atoms with Crippen LogP contribution in [0.3, 0.4) is 0 Å². The van der Waals surface area contributed by atoms with Crippen molar-refractivity contribution >= 4 is 21.6 Å². The maximum Gasteiger partial charge on any atom is 0.238 e. The highest BCUT2D eigenvalue weighted by atomic mass is 32.2. The quantitative estimate of drug-likeness (QED) is 0.841. The van der Waals surface area contributed by atoms with Crippen molar-refractivity contribution in [3.8, 4) is 0 Å². The second-order valence-electron chi connectivity index (χ2n) is 6.24. The van der Waals surface area contributed by atoms with Gasteiger partial charge in [0.1, 0.15) is 0 Å². The average molecular weight is 308 g/mol. The van der Waals surface area contributed by atoms with Gasteiger partial charge < -0.3 is 4.90 Å². The number of sulfonamides is 1. The van der Waals surface area contributed by atoms with E-state index >= 15 is 0 Å². The number of aryl methyl sites for hydroxylation is 1. The number of hydrogen-bond acceptors (Lipinski definition) is 3. The molecule has 1 aromatic carbocycles. The number of rotatable bonds is 3. The van der Waals surface area contributed by atoms with Gasteiger partial charge in [0.2, 0.25) is 15.9 Å². The van der Waals surface area contributed by atoms with Gasteiger partial charge in [-0.1, -0.05) is 18.2 Å². The van der Waals surface area contributed by atoms with Crippen LogP contribution in [0.2, 0.25) is 0 Å². The molecule has 0 saturated heterocycles. The SMILES string of the molecule is CN(C)S(=O)(=O)CC1(C)C(=O)N2CCCc3cccc1c32. The van der Waals surface area contributed by atoms with Crippen LogP contribution in [0, 0.1) is 0 Å². The minimum Gasteiger partial charge on any atom is -0.311 e. The number of carbonyl (C=O) groups excluding carboxylic acids is 1. The molecule has 1 aromatic rings. The zero-order valence-corrected chi connectivity index (χ0v) is 13.4. The van der Waals surface area contributed by atoms with E-state index < -0.39 is 15.4 Å². The number of anilines is 1. The number of carbonyl (C=O) groups is 1. The molecule has 0 aromatic heterocycles. The molecular formula is C15H20N2O3S. The third-order valence-corrected chi connectivity index (χ3v) is 6.61. The Kier molecular flexibility index (Phi) is 3.15. The summed E-state index contributed by atoms with van der Waals surface area (Å²) in [5.74, 6) is -0.270. The van der Waals surface area contributed by atoms with E-state index in [2.05, 4.69) is 0 Å². The molecule has 0 fully saturated rings. The van der Waals surface area contributed by atoms with Crippen molar-refractivity contribution in [1.82, 2.24) is 4.31 Å². The molecule has 0 spiro atoms. The van der Waals surface area contributed by atoms with Gasteiger partial charge in [-0.25, -0.2) is 12.7 Å². The Balaban J connectivity index is 2.14. The van der Waals surface area contributed by atoms with E-state index in [1.54, 1.807) is 11.8 Å². The molecule has 0 bridgehead atoms. The van der Waals surface area contributed by atoms with Gasteiger partial charge in [-0.3, -0.25) is 4.79 Å². The molecule has 3 rings (SSSR count). The molecule has 0 aliphatic carbocycles. The first kappa shape index (κ1) is 14.5. The summed E-state index contributed by atoms with van der Waals surface area (Å²) in [7, 11) is -0.443. The minimum absolute atomic E-state index is 0.0879. The maximum absolute atomic E-state index is 12.8. The van der Waals surface area contributed by atoms with Crippen LogP contribution in [0.25, 0.3) is 0 Å². The first-order valence-electron chi connectivity index (χ1n) is 7.12. The summed E-state index contributed by atoms with van der Waals surface area (Å²) in [4.78, 5) is 14.6. The molecule has 2 aliphatic heterocycles. The van der Waals surface area contributed by atoms with Crippen LogP contribution in [0.4, 0.5) is 5.69 Å². The summed E-state index contributed by atoms with van der Waals surface area (Å²) in [5, 5.41) is 0. The molecule has 2 aliphatic rings. The van der Waals surface area contributed by atoms with Crippen molar-refractivity contribution in [2.75, 3.05) is 31.3 Å². The maximum atomic E-state index is 12.8. The zero-order valence-electron chi connectivity index (χ0n) is 12.6. The van der Waals surface area contributed by atoms with E-state index in [0.29, 0.717) is 6.54 Å². The fraction of sp³-hybridized carbons (Fsp3) is 0.533. The smallest absolute Gasteiger partial charge is 0.238 e. The van der Waals surface area contributed by atoms with Gasteiger partial charge in [-0.2, -0.15) is 0 Å². The van der Waals surface area contributed by atoms with Crippen molar-refractivity contribution < 1.29 is 13.2 Å². The zero-order chi connectivity index (χ0) is 15.4. The van der Waals surface area contributed by atoms with E-state index in [1.165, 1.54) is 18.4 Å². The number of benzene rings is 1. The standard InChI is InChI=1S/C15H20N2O3S/c1-15(10-21(19,20)16(2)3)12-8-4-6-11-7-5-9-17(13(11)12)14(15)18/h4,6,8H,5,7,9-10H2,1-3H3. The van der Waals surface area contributed by atoms with Crippen LogP contribution < -0.4 is 4.90 Å². The van der Waals surface area contributed by atoms with Crippen LogP contribution >= 0.6 is 0 Å². The third kappa shape index (κ3) is 2.00. The van der Waals surface area contributed by atoms with Crippen LogP contribution in [-0.2, 0) is 26.7 Å². The predicted molar refractivity (Wildman–Crippen MR) is 81.9 cm³/mol. The summed E-state index contributed by atoms with van der Waals surface area (Å²) in [5.41, 5.74) is 1.97. The Hall–Kier alpha value is -1.40. The van der Waals surface area contributed by atoms with E-state index in [9.17, 15) is 13.2 Å². The fourth-order valence-electron chi connectivity index (χ4n) is 3.35. The lowest BCUT2D eigenvalue weighted by molar-refractivity contribution is -0.122. The van der Waals surface area contributed by atoms with E-state index in [1.807, 2.05) is 18.2 Å². The van der Waals surface area contributed by atoms with Gasteiger partial charge in [0.05, 0.1) is 16.9 Å². The molecular weight excluding hydrogens is 288 g/mol. The van der Waals surface area contributed by atoms with Gasteiger partial charge in [-0.05, 0) is 30.9 Å². The van der Waals surface area contributed by atoms with Crippen molar-refractivity contribution in [3.63, 3.8) is 0 Å². The molecule has 2 heterocycles. The predicted octanol–water partition coefficient (Wildman–Crippen LogP) is 1.13. The normalized spacial score (nSPS) is 24.6. The lowest BCUT2D eigenvalue weighted by Gasteiger charge is -2.27. The summed E-state index contributed by atoms with van der Waals surface area (Å²) in [6.45, 7) is 2.44. The Bertz CT molecular complexity index is 712. The summed E-state index contributed by atoms with van der Waals surface area (Å²) in [6, 6.07) is 5.86. The molecule has 1 amide bonds. The molecule has 1 unspecified atom stereocenters. The molecule has 0 saturated carbocycles. The molecule has 5 nitrogen and oxygen atoms in total. The van der Waals surface area contributed by atoms with Crippen LogP contribution in [0.1, 0.15) is 24.5 Å². The second-order valence-corrected chi connectivity index (χ2v) is 8.43. The van der Waals surface area contributed by atoms with Gasteiger partial charge in [-0.15, -0.1) is 0 Å². The minimum atomic E-state index is -3.45. The van der Waals surface area contributed by atoms with E-state index in [-0.39, 0.29) is 11.7 Å². The lowest BCUT2D eigenvalue weighted by Crippen LogP contribution is -2.45. The number of para-hydroxylation sites is 1. The van der Waals surface area contributed by atoms with Crippen LogP contribution in [0.5, 0.6) is 0 Å². The van der Waals surface area contributed by atoms with Crippen molar-refractivity contribution in [3.05, 3.63) is 29.3 Å². The Morgan fingerprint density at radius 2 is 2.05 bits per heavy atom. The lowest BCUT2D eigenvalue weighted by atomic mass is 9.85. The van der Waals surface area contributed by atoms with Crippen molar-refractivity contribution in [2.24, 2.45) is 0 Å². The summed E-state index contributed by atoms with van der Waals surface area (Å²) >= 11 is 0. The first-order valence-corrected chi connectivity index (χ1v) is 8.73. The van der Waals surface area contributed by atoms with Crippen molar-refractivity contribution in [2.45, 2.75) is 25.2 Å². The highest BCUT2D eigenvalue weighted by molar-refractivity contribution is 7.89. The number of nitrogens with zero attached hydrogens (tertiary/aromatic N) is 2. The van der Waals surface area contributed by atoms with Gasteiger partial charge in [0.15, 0.2) is 0 Å². The second kappa shape index (κ2) is 4.55. The molecule has 0 radical (unpaired) electrons.